The number of benzene rings is 2. The minimum Gasteiger partial charge on any atom is -0.454 e. The number of fused-ring (bicyclic) bond motifs is 1. The molecule has 0 unspecified atom stereocenters. The Morgan fingerprint density at radius 1 is 1.00 bits per heavy atom. The molecule has 3 heterocycles. The molecule has 0 bridgehead atoms. The van der Waals surface area contributed by atoms with E-state index in [1.54, 1.807) is 23.1 Å². The highest BCUT2D eigenvalue weighted by Gasteiger charge is 2.24. The van der Waals surface area contributed by atoms with Crippen molar-refractivity contribution in [2.24, 2.45) is 0 Å². The number of hydrogen-bond acceptors (Lipinski definition) is 7. The lowest BCUT2D eigenvalue weighted by molar-refractivity contribution is 0.140. The van der Waals surface area contributed by atoms with E-state index in [1.165, 1.54) is 10.7 Å². The lowest BCUT2D eigenvalue weighted by Gasteiger charge is -2.34. The zero-order valence-corrected chi connectivity index (χ0v) is 16.9. The third-order valence-corrected chi connectivity index (χ3v) is 5.33. The number of halogens is 2. The summed E-state index contributed by atoms with van der Waals surface area (Å²) in [6.07, 6.45) is 0. The zero-order valence-electron chi connectivity index (χ0n) is 16.9. The largest absolute Gasteiger partial charge is 0.454 e. The number of nitrogens with zero attached hydrogens (tertiary/aromatic N) is 6. The van der Waals surface area contributed by atoms with Crippen molar-refractivity contribution in [2.45, 2.75) is 6.54 Å². The van der Waals surface area contributed by atoms with Gasteiger partial charge in [0.1, 0.15) is 0 Å². The molecule has 0 spiro atoms. The summed E-state index contributed by atoms with van der Waals surface area (Å²) in [5.74, 6) is -0.146. The van der Waals surface area contributed by atoms with Crippen LogP contribution in [0.2, 0.25) is 0 Å². The monoisotopic (exact) mass is 443 g/mol. The molecular formula is C20H19F2N7O3. The zero-order chi connectivity index (χ0) is 22.1. The number of amides is 2. The minimum atomic E-state index is -0.967. The van der Waals surface area contributed by atoms with Gasteiger partial charge in [-0.15, -0.1) is 5.10 Å². The third kappa shape index (κ3) is 4.04. The predicted octanol–water partition coefficient (Wildman–Crippen LogP) is 2.02. The van der Waals surface area contributed by atoms with Gasteiger partial charge in [-0.2, -0.15) is 4.68 Å². The molecule has 0 saturated carbocycles. The van der Waals surface area contributed by atoms with Crippen molar-refractivity contribution in [3.05, 3.63) is 53.9 Å². The van der Waals surface area contributed by atoms with Crippen LogP contribution in [0.1, 0.15) is 5.82 Å². The number of ether oxygens (including phenoxy) is 2. The normalized spacial score (nSPS) is 15.8. The summed E-state index contributed by atoms with van der Waals surface area (Å²) < 4.78 is 38.8. The van der Waals surface area contributed by atoms with Crippen LogP contribution in [0, 0.1) is 11.6 Å². The van der Waals surface area contributed by atoms with Crippen LogP contribution in [-0.2, 0) is 6.54 Å². The van der Waals surface area contributed by atoms with Crippen molar-refractivity contribution in [1.29, 1.82) is 0 Å². The quantitative estimate of drug-likeness (QED) is 0.659. The summed E-state index contributed by atoms with van der Waals surface area (Å²) in [6, 6.07) is 8.55. The second-order valence-corrected chi connectivity index (χ2v) is 7.37. The van der Waals surface area contributed by atoms with Gasteiger partial charge in [0.05, 0.1) is 12.2 Å². The summed E-state index contributed by atoms with van der Waals surface area (Å²) in [5, 5.41) is 14.4. The first-order valence-electron chi connectivity index (χ1n) is 9.97. The molecular weight excluding hydrogens is 424 g/mol. The van der Waals surface area contributed by atoms with Gasteiger partial charge in [-0.25, -0.2) is 13.6 Å². The first kappa shape index (κ1) is 20.1. The van der Waals surface area contributed by atoms with E-state index in [1.807, 2.05) is 0 Å². The average Bonchev–Trinajstić information content (AvgIpc) is 3.45. The van der Waals surface area contributed by atoms with Gasteiger partial charge < -0.3 is 19.7 Å². The first-order chi connectivity index (χ1) is 15.6. The number of nitrogens with one attached hydrogen (secondary N) is 1. The standard InChI is InChI=1S/C20H19F2N7O3/c21-15-3-2-14(10-16(15)22)29-19(24-25-26-29)11-27-5-7-28(8-6-27)20(30)23-13-1-4-17-18(9-13)32-12-31-17/h1-4,9-10H,5-8,11-12H2,(H,23,30). The van der Waals surface area contributed by atoms with Gasteiger partial charge in [0, 0.05) is 44.0 Å². The highest BCUT2D eigenvalue weighted by molar-refractivity contribution is 5.89. The Morgan fingerprint density at radius 2 is 1.81 bits per heavy atom. The van der Waals surface area contributed by atoms with Crippen LogP contribution in [-0.4, -0.2) is 69.0 Å². The number of aromatic nitrogens is 4. The second kappa shape index (κ2) is 8.38. The fourth-order valence-electron chi connectivity index (χ4n) is 3.61. The third-order valence-electron chi connectivity index (χ3n) is 5.33. The molecule has 166 valence electrons. The first-order valence-corrected chi connectivity index (χ1v) is 9.97. The van der Waals surface area contributed by atoms with E-state index < -0.39 is 11.6 Å². The molecule has 0 atom stereocenters. The molecule has 2 amide bonds. The molecule has 2 aromatic carbocycles. The van der Waals surface area contributed by atoms with Crippen molar-refractivity contribution in [2.75, 3.05) is 38.3 Å². The number of hydrogen-bond donors (Lipinski definition) is 1. The number of carbonyl (C=O) groups excluding carboxylic acids is 1. The molecule has 3 aromatic rings. The summed E-state index contributed by atoms with van der Waals surface area (Å²) in [5.41, 5.74) is 0.970. The number of carbonyl (C=O) groups is 1. The average molecular weight is 443 g/mol. The van der Waals surface area contributed by atoms with E-state index >= 15 is 0 Å². The second-order valence-electron chi connectivity index (χ2n) is 7.37. The van der Waals surface area contributed by atoms with Crippen LogP contribution in [0.25, 0.3) is 5.69 Å². The van der Waals surface area contributed by atoms with Crippen molar-refractivity contribution >= 4 is 11.7 Å². The van der Waals surface area contributed by atoms with Crippen LogP contribution in [0.5, 0.6) is 11.5 Å². The smallest absolute Gasteiger partial charge is 0.321 e. The molecule has 32 heavy (non-hydrogen) atoms. The van der Waals surface area contributed by atoms with Crippen LogP contribution in [0.15, 0.2) is 36.4 Å². The number of piperazine rings is 1. The number of urea groups is 1. The Hall–Kier alpha value is -3.80. The summed E-state index contributed by atoms with van der Waals surface area (Å²) >= 11 is 0. The highest BCUT2D eigenvalue weighted by atomic mass is 19.2. The van der Waals surface area contributed by atoms with Crippen LogP contribution >= 0.6 is 0 Å². The van der Waals surface area contributed by atoms with Gasteiger partial charge >= 0.3 is 6.03 Å². The Balaban J connectivity index is 1.17. The Kier molecular flexibility index (Phi) is 5.27. The number of rotatable bonds is 4. The van der Waals surface area contributed by atoms with E-state index in [9.17, 15) is 13.6 Å². The molecule has 5 rings (SSSR count). The maximum atomic E-state index is 13.6. The SMILES string of the molecule is O=C(Nc1ccc2c(c1)OCO2)N1CCN(Cc2nnnn2-c2ccc(F)c(F)c2)CC1. The lowest BCUT2D eigenvalue weighted by atomic mass is 10.2. The van der Waals surface area contributed by atoms with Gasteiger partial charge in [-0.05, 0) is 34.7 Å². The minimum absolute atomic E-state index is 0.175. The summed E-state index contributed by atoms with van der Waals surface area (Å²) in [7, 11) is 0. The molecule has 0 aliphatic carbocycles. The van der Waals surface area contributed by atoms with Crippen molar-refractivity contribution < 1.29 is 23.0 Å². The van der Waals surface area contributed by atoms with E-state index in [0.717, 1.165) is 12.1 Å². The van der Waals surface area contributed by atoms with E-state index in [0.29, 0.717) is 61.4 Å². The molecule has 2 aliphatic rings. The molecule has 1 N–H and O–H groups in total. The topological polar surface area (TPSA) is 97.6 Å². The van der Waals surface area contributed by atoms with E-state index in [4.69, 9.17) is 9.47 Å². The highest BCUT2D eigenvalue weighted by Crippen LogP contribution is 2.34. The Morgan fingerprint density at radius 3 is 2.62 bits per heavy atom. The summed E-state index contributed by atoms with van der Waals surface area (Å²) in [4.78, 5) is 16.4. The molecule has 1 saturated heterocycles. The van der Waals surface area contributed by atoms with Crippen LogP contribution in [0.4, 0.5) is 19.3 Å². The Labute approximate surface area is 181 Å². The molecule has 2 aliphatic heterocycles. The van der Waals surface area contributed by atoms with Crippen molar-refractivity contribution in [3.63, 3.8) is 0 Å². The Bertz CT molecular complexity index is 1150. The van der Waals surface area contributed by atoms with E-state index in [2.05, 4.69) is 25.7 Å². The molecule has 0 radical (unpaired) electrons. The van der Waals surface area contributed by atoms with Gasteiger partial charge in [-0.3, -0.25) is 4.90 Å². The van der Waals surface area contributed by atoms with Gasteiger partial charge in [-0.1, -0.05) is 0 Å². The fourth-order valence-corrected chi connectivity index (χ4v) is 3.61. The van der Waals surface area contributed by atoms with Crippen molar-refractivity contribution in [1.82, 2.24) is 30.0 Å². The number of anilines is 1. The van der Waals surface area contributed by atoms with Crippen LogP contribution in [0.3, 0.4) is 0 Å². The van der Waals surface area contributed by atoms with Crippen molar-refractivity contribution in [3.8, 4) is 17.2 Å². The predicted molar refractivity (Wildman–Crippen MR) is 108 cm³/mol. The summed E-state index contributed by atoms with van der Waals surface area (Å²) in [6.45, 7) is 2.84. The van der Waals surface area contributed by atoms with Gasteiger partial charge in [0.15, 0.2) is 29.0 Å². The molecule has 1 fully saturated rings. The van der Waals surface area contributed by atoms with Gasteiger partial charge in [0.2, 0.25) is 6.79 Å². The molecule has 1 aromatic heterocycles. The molecule has 12 heteroatoms. The maximum absolute atomic E-state index is 13.6. The maximum Gasteiger partial charge on any atom is 0.321 e. The van der Waals surface area contributed by atoms with Crippen LogP contribution < -0.4 is 14.8 Å². The molecule has 10 nitrogen and oxygen atoms in total. The lowest BCUT2D eigenvalue weighted by Crippen LogP contribution is -2.49. The van der Waals surface area contributed by atoms with Gasteiger partial charge in [0.25, 0.3) is 0 Å². The fraction of sp³-hybridized carbons (Fsp3) is 0.300. The van der Waals surface area contributed by atoms with E-state index in [-0.39, 0.29) is 12.8 Å². The number of tetrazole rings is 1.